The van der Waals surface area contributed by atoms with Gasteiger partial charge in [0.1, 0.15) is 0 Å². The van der Waals surface area contributed by atoms with E-state index in [9.17, 15) is 9.90 Å². The molecule has 5 aliphatic carbocycles. The number of carbonyl (C=O) groups excluding carboxylic acids is 1. The smallest absolute Gasteiger partial charge is 0.236 e. The number of aliphatic hydroxyl groups is 1. The molecule has 1 heterocycles. The van der Waals surface area contributed by atoms with E-state index in [1.807, 2.05) is 6.20 Å². The minimum atomic E-state index is -0.434. The van der Waals surface area contributed by atoms with Crippen molar-refractivity contribution in [3.05, 3.63) is 29.1 Å². The van der Waals surface area contributed by atoms with Crippen molar-refractivity contribution in [3.63, 3.8) is 0 Å². The molecule has 7 heteroatoms. The molecule has 0 spiro atoms. The first kappa shape index (κ1) is 18.3. The quantitative estimate of drug-likeness (QED) is 0.414. The SMILES string of the molecule is CC(=O)N/N=C(\P)c1cnc2c(c1NC1[C@@H]3CC4C[C@H]1CC(O)(C4)C3)C=CC2. The van der Waals surface area contributed by atoms with Gasteiger partial charge in [0.25, 0.3) is 0 Å². The predicted molar refractivity (Wildman–Crippen MR) is 113 cm³/mol. The molecule has 1 aromatic rings. The number of hydrazone groups is 1. The van der Waals surface area contributed by atoms with Crippen molar-refractivity contribution in [3.8, 4) is 0 Å². The van der Waals surface area contributed by atoms with Gasteiger partial charge in [-0.05, 0) is 49.9 Å². The van der Waals surface area contributed by atoms with E-state index in [-0.39, 0.29) is 5.91 Å². The average Bonchev–Trinajstić information content (AvgIpc) is 3.10. The molecular weight excluding hydrogens is 371 g/mol. The van der Waals surface area contributed by atoms with Gasteiger partial charge in [-0.1, -0.05) is 21.4 Å². The lowest BCUT2D eigenvalue weighted by atomic mass is 9.52. The molecule has 0 saturated heterocycles. The number of hydrogen-bond acceptors (Lipinski definition) is 5. The van der Waals surface area contributed by atoms with E-state index in [2.05, 4.69) is 42.2 Å². The zero-order valence-corrected chi connectivity index (χ0v) is 17.3. The molecule has 1 amide bonds. The summed E-state index contributed by atoms with van der Waals surface area (Å²) in [5.74, 6) is 1.51. The van der Waals surface area contributed by atoms with E-state index in [1.165, 1.54) is 19.8 Å². The fraction of sp³-hybridized carbons (Fsp3) is 0.571. The molecule has 6 atom stereocenters. The van der Waals surface area contributed by atoms with Crippen LogP contribution in [-0.4, -0.2) is 33.1 Å². The van der Waals surface area contributed by atoms with Gasteiger partial charge in [0, 0.05) is 36.7 Å². The van der Waals surface area contributed by atoms with Crippen LogP contribution in [0.2, 0.25) is 0 Å². The number of hydrogen-bond donors (Lipinski definition) is 3. The summed E-state index contributed by atoms with van der Waals surface area (Å²) < 4.78 is 0. The molecule has 0 radical (unpaired) electrons. The van der Waals surface area contributed by atoms with Crippen LogP contribution in [0, 0.1) is 17.8 Å². The van der Waals surface area contributed by atoms with Crippen molar-refractivity contribution in [1.29, 1.82) is 0 Å². The van der Waals surface area contributed by atoms with Gasteiger partial charge < -0.3 is 10.4 Å². The minimum absolute atomic E-state index is 0.197. The summed E-state index contributed by atoms with van der Waals surface area (Å²) in [7, 11) is 2.62. The maximum atomic E-state index is 11.3. The second kappa shape index (κ2) is 6.64. The van der Waals surface area contributed by atoms with Gasteiger partial charge >= 0.3 is 0 Å². The third-order valence-corrected chi connectivity index (χ3v) is 7.40. The summed E-state index contributed by atoms with van der Waals surface area (Å²) in [5, 5.41) is 19.0. The maximum absolute atomic E-state index is 11.3. The molecule has 3 N–H and O–H groups in total. The highest BCUT2D eigenvalue weighted by Gasteiger charge is 2.54. The van der Waals surface area contributed by atoms with Gasteiger partial charge in [0.05, 0.1) is 22.4 Å². The van der Waals surface area contributed by atoms with Crippen LogP contribution in [0.4, 0.5) is 5.69 Å². The van der Waals surface area contributed by atoms with E-state index in [0.29, 0.717) is 29.2 Å². The Morgan fingerprint density at radius 1 is 1.32 bits per heavy atom. The molecule has 28 heavy (non-hydrogen) atoms. The summed E-state index contributed by atoms with van der Waals surface area (Å²) in [5.41, 5.74) is 6.91. The highest BCUT2D eigenvalue weighted by Crippen LogP contribution is 2.56. The summed E-state index contributed by atoms with van der Waals surface area (Å²) in [6.45, 7) is 1.45. The first-order valence-corrected chi connectivity index (χ1v) is 10.8. The number of rotatable bonds is 4. The summed E-state index contributed by atoms with van der Waals surface area (Å²) >= 11 is 0. The van der Waals surface area contributed by atoms with Crippen LogP contribution in [-0.2, 0) is 11.2 Å². The van der Waals surface area contributed by atoms with Crippen LogP contribution in [0.15, 0.2) is 17.4 Å². The molecule has 6 rings (SSSR count). The van der Waals surface area contributed by atoms with Crippen molar-refractivity contribution >= 4 is 32.4 Å². The molecule has 4 fully saturated rings. The Morgan fingerprint density at radius 3 is 2.75 bits per heavy atom. The van der Waals surface area contributed by atoms with Crippen molar-refractivity contribution in [2.45, 2.75) is 57.1 Å². The molecule has 4 saturated carbocycles. The molecular formula is C21H27N4O2P. The standard InChI is InChI=1S/C21H27N4O2P/c1-11(26)24-25-20(28)16-10-22-17-4-2-3-15(17)19(16)23-18-13-5-12-6-14(18)9-21(27,7-12)8-13/h2-3,10,12-14,18,27H,4-9,28H2,1H3,(H,22,23)(H,24,26)/b25-20-/t12?,13-,14+,18?,21?. The number of aromatic nitrogens is 1. The Morgan fingerprint density at radius 2 is 2.07 bits per heavy atom. The van der Waals surface area contributed by atoms with Gasteiger partial charge in [-0.15, -0.1) is 0 Å². The van der Waals surface area contributed by atoms with E-state index in [1.54, 1.807) is 0 Å². The highest BCUT2D eigenvalue weighted by molar-refractivity contribution is 7.42. The third kappa shape index (κ3) is 3.07. The Hall–Kier alpha value is -1.78. The van der Waals surface area contributed by atoms with E-state index >= 15 is 0 Å². The Bertz CT molecular complexity index is 881. The van der Waals surface area contributed by atoms with E-state index in [0.717, 1.165) is 48.2 Å². The van der Waals surface area contributed by atoms with Crippen LogP contribution in [0.3, 0.4) is 0 Å². The Balaban J connectivity index is 1.49. The highest BCUT2D eigenvalue weighted by atomic mass is 31.0. The lowest BCUT2D eigenvalue weighted by Gasteiger charge is -2.58. The fourth-order valence-corrected chi connectivity index (χ4v) is 6.41. The van der Waals surface area contributed by atoms with Gasteiger partial charge in [-0.25, -0.2) is 5.43 Å². The number of nitrogens with one attached hydrogen (secondary N) is 2. The molecule has 6 nitrogen and oxygen atoms in total. The first-order valence-electron chi connectivity index (χ1n) is 10.2. The largest absolute Gasteiger partial charge is 0.390 e. The molecule has 4 bridgehead atoms. The van der Waals surface area contributed by atoms with Crippen LogP contribution < -0.4 is 10.7 Å². The van der Waals surface area contributed by atoms with Crippen LogP contribution >= 0.6 is 9.24 Å². The Kier molecular flexibility index (Phi) is 4.33. The molecule has 1 aromatic heterocycles. The lowest BCUT2D eigenvalue weighted by molar-refractivity contribution is -0.129. The second-order valence-corrected chi connectivity index (χ2v) is 9.59. The number of allylic oxidation sites excluding steroid dienone is 1. The normalized spacial score (nSPS) is 35.2. The molecule has 148 valence electrons. The summed E-state index contributed by atoms with van der Waals surface area (Å²) in [6, 6.07) is 0.370. The molecule has 5 aliphatic rings. The van der Waals surface area contributed by atoms with Crippen LogP contribution in [0.1, 0.15) is 55.8 Å². The summed E-state index contributed by atoms with van der Waals surface area (Å²) in [6.07, 6.45) is 12.2. The topological polar surface area (TPSA) is 86.6 Å². The van der Waals surface area contributed by atoms with E-state index < -0.39 is 5.60 Å². The van der Waals surface area contributed by atoms with Crippen molar-refractivity contribution in [1.82, 2.24) is 10.4 Å². The number of nitrogens with zero attached hydrogens (tertiary/aromatic N) is 2. The van der Waals surface area contributed by atoms with Gasteiger partial charge in [-0.2, -0.15) is 5.10 Å². The van der Waals surface area contributed by atoms with Crippen molar-refractivity contribution in [2.75, 3.05) is 5.32 Å². The van der Waals surface area contributed by atoms with E-state index in [4.69, 9.17) is 0 Å². The number of fused-ring (bicyclic) bond motifs is 1. The predicted octanol–water partition coefficient (Wildman–Crippen LogP) is 2.68. The van der Waals surface area contributed by atoms with Gasteiger partial charge in [0.15, 0.2) is 0 Å². The average molecular weight is 398 g/mol. The van der Waals surface area contributed by atoms with Crippen LogP contribution in [0.5, 0.6) is 0 Å². The lowest BCUT2D eigenvalue weighted by Crippen LogP contribution is -2.59. The Labute approximate surface area is 167 Å². The van der Waals surface area contributed by atoms with Gasteiger partial charge in [0.2, 0.25) is 5.91 Å². The zero-order valence-electron chi connectivity index (χ0n) is 16.1. The van der Waals surface area contributed by atoms with Crippen molar-refractivity contribution < 1.29 is 9.90 Å². The molecule has 0 aliphatic heterocycles. The fourth-order valence-electron chi connectivity index (χ4n) is 6.13. The molecule has 4 unspecified atom stereocenters. The van der Waals surface area contributed by atoms with Crippen molar-refractivity contribution in [2.24, 2.45) is 22.9 Å². The molecule has 0 aromatic carbocycles. The third-order valence-electron chi connectivity index (χ3n) is 6.96. The first-order chi connectivity index (χ1) is 13.4. The second-order valence-electron chi connectivity index (χ2n) is 9.04. The minimum Gasteiger partial charge on any atom is -0.390 e. The zero-order chi connectivity index (χ0) is 19.5. The summed E-state index contributed by atoms with van der Waals surface area (Å²) in [4.78, 5) is 15.9. The monoisotopic (exact) mass is 398 g/mol. The number of pyridine rings is 1. The number of anilines is 1. The number of amides is 1. The maximum Gasteiger partial charge on any atom is 0.236 e. The van der Waals surface area contributed by atoms with Crippen LogP contribution in [0.25, 0.3) is 6.08 Å². The number of carbonyl (C=O) groups is 1. The van der Waals surface area contributed by atoms with Gasteiger partial charge in [-0.3, -0.25) is 9.78 Å².